The molecule has 0 aliphatic rings. The molecule has 0 amide bonds. The molecule has 3 heteroatoms. The number of aliphatic carboxylic acids is 1. The van der Waals surface area contributed by atoms with Gasteiger partial charge in [0.05, 0.1) is 6.42 Å². The monoisotopic (exact) mass is 210 g/mol. The van der Waals surface area contributed by atoms with Crippen LogP contribution in [0.25, 0.3) is 0 Å². The van der Waals surface area contributed by atoms with Crippen molar-refractivity contribution in [3.63, 3.8) is 0 Å². The van der Waals surface area contributed by atoms with Gasteiger partial charge in [-0.2, -0.15) is 0 Å². The van der Waals surface area contributed by atoms with Crippen molar-refractivity contribution in [1.29, 1.82) is 0 Å². The van der Waals surface area contributed by atoms with E-state index in [1.165, 1.54) is 6.07 Å². The van der Waals surface area contributed by atoms with Crippen molar-refractivity contribution in [2.45, 2.75) is 32.1 Å². The average Bonchev–Trinajstić information content (AvgIpc) is 2.17. The summed E-state index contributed by atoms with van der Waals surface area (Å²) in [5, 5.41) is 8.74. The van der Waals surface area contributed by atoms with Crippen molar-refractivity contribution in [1.82, 2.24) is 0 Å². The van der Waals surface area contributed by atoms with Crippen LogP contribution in [0.2, 0.25) is 0 Å². The molecule has 1 rings (SSSR count). The quantitative estimate of drug-likeness (QED) is 0.810. The Kier molecular flexibility index (Phi) is 4.28. The maximum Gasteiger partial charge on any atom is 0.303 e. The SMILES string of the molecule is CCCC(CC(=O)O)c1ccccc1F. The van der Waals surface area contributed by atoms with Crippen molar-refractivity contribution in [3.8, 4) is 0 Å². The first-order valence-electron chi connectivity index (χ1n) is 5.11. The summed E-state index contributed by atoms with van der Waals surface area (Å²) in [6.45, 7) is 1.97. The Hall–Kier alpha value is -1.38. The summed E-state index contributed by atoms with van der Waals surface area (Å²) in [5.41, 5.74) is 0.516. The molecular formula is C12H15FO2. The zero-order valence-electron chi connectivity index (χ0n) is 8.74. The van der Waals surface area contributed by atoms with Crippen LogP contribution in [0.1, 0.15) is 37.7 Å². The van der Waals surface area contributed by atoms with E-state index in [1.54, 1.807) is 18.2 Å². The van der Waals surface area contributed by atoms with E-state index in [2.05, 4.69) is 0 Å². The molecule has 0 aliphatic heterocycles. The van der Waals surface area contributed by atoms with Crippen LogP contribution >= 0.6 is 0 Å². The second-order valence-corrected chi connectivity index (χ2v) is 3.60. The summed E-state index contributed by atoms with van der Waals surface area (Å²) in [4.78, 5) is 10.6. The van der Waals surface area contributed by atoms with Gasteiger partial charge in [-0.05, 0) is 24.0 Å². The standard InChI is InChI=1S/C12H15FO2/c1-2-5-9(8-12(14)15)10-6-3-4-7-11(10)13/h3-4,6-7,9H,2,5,8H2,1H3,(H,14,15). The van der Waals surface area contributed by atoms with Crippen molar-refractivity contribution in [3.05, 3.63) is 35.6 Å². The number of hydrogen-bond acceptors (Lipinski definition) is 1. The normalized spacial score (nSPS) is 12.4. The summed E-state index contributed by atoms with van der Waals surface area (Å²) < 4.78 is 13.4. The highest BCUT2D eigenvalue weighted by Gasteiger charge is 2.17. The summed E-state index contributed by atoms with van der Waals surface area (Å²) in [6, 6.07) is 6.39. The lowest BCUT2D eigenvalue weighted by Gasteiger charge is -2.14. The molecular weight excluding hydrogens is 195 g/mol. The van der Waals surface area contributed by atoms with Gasteiger partial charge in [0, 0.05) is 0 Å². The molecule has 1 aromatic carbocycles. The lowest BCUT2D eigenvalue weighted by Crippen LogP contribution is -2.07. The molecule has 0 saturated heterocycles. The lowest BCUT2D eigenvalue weighted by atomic mass is 9.91. The summed E-state index contributed by atoms with van der Waals surface area (Å²) in [5.74, 6) is -1.40. The molecule has 1 atom stereocenters. The van der Waals surface area contributed by atoms with Crippen LogP contribution in [0.5, 0.6) is 0 Å². The van der Waals surface area contributed by atoms with Crippen LogP contribution in [-0.4, -0.2) is 11.1 Å². The highest BCUT2D eigenvalue weighted by Crippen LogP contribution is 2.26. The zero-order valence-corrected chi connectivity index (χ0v) is 8.74. The summed E-state index contributed by atoms with van der Waals surface area (Å²) in [7, 11) is 0. The van der Waals surface area contributed by atoms with E-state index in [9.17, 15) is 9.18 Å². The van der Waals surface area contributed by atoms with E-state index < -0.39 is 5.97 Å². The Labute approximate surface area is 88.7 Å². The molecule has 0 heterocycles. The highest BCUT2D eigenvalue weighted by atomic mass is 19.1. The fourth-order valence-corrected chi connectivity index (χ4v) is 1.73. The number of benzene rings is 1. The van der Waals surface area contributed by atoms with E-state index >= 15 is 0 Å². The van der Waals surface area contributed by atoms with Gasteiger partial charge in [-0.1, -0.05) is 31.5 Å². The minimum Gasteiger partial charge on any atom is -0.481 e. The largest absolute Gasteiger partial charge is 0.481 e. The molecule has 0 radical (unpaired) electrons. The van der Waals surface area contributed by atoms with Gasteiger partial charge in [0.25, 0.3) is 0 Å². The molecule has 1 unspecified atom stereocenters. The number of carboxylic acid groups (broad SMARTS) is 1. The van der Waals surface area contributed by atoms with E-state index in [0.29, 0.717) is 12.0 Å². The van der Waals surface area contributed by atoms with Gasteiger partial charge in [-0.25, -0.2) is 4.39 Å². The van der Waals surface area contributed by atoms with Crippen LogP contribution < -0.4 is 0 Å². The molecule has 82 valence electrons. The Morgan fingerprint density at radius 2 is 2.13 bits per heavy atom. The molecule has 0 bridgehead atoms. The van der Waals surface area contributed by atoms with Gasteiger partial charge in [-0.3, -0.25) is 4.79 Å². The fourth-order valence-electron chi connectivity index (χ4n) is 1.73. The third-order valence-corrected chi connectivity index (χ3v) is 2.40. The summed E-state index contributed by atoms with van der Waals surface area (Å²) in [6.07, 6.45) is 1.55. The molecule has 15 heavy (non-hydrogen) atoms. The van der Waals surface area contributed by atoms with Crippen LogP contribution in [0.15, 0.2) is 24.3 Å². The molecule has 2 nitrogen and oxygen atoms in total. The van der Waals surface area contributed by atoms with Gasteiger partial charge in [0.2, 0.25) is 0 Å². The minimum absolute atomic E-state index is 0.00519. The molecule has 0 aromatic heterocycles. The molecule has 0 aliphatic carbocycles. The Balaban J connectivity index is 2.88. The topological polar surface area (TPSA) is 37.3 Å². The number of carbonyl (C=O) groups is 1. The Bertz CT molecular complexity index is 336. The molecule has 0 fully saturated rings. The predicted molar refractivity (Wildman–Crippen MR) is 56.3 cm³/mol. The van der Waals surface area contributed by atoms with Gasteiger partial charge >= 0.3 is 5.97 Å². The third-order valence-electron chi connectivity index (χ3n) is 2.40. The predicted octanol–water partition coefficient (Wildman–Crippen LogP) is 3.18. The van der Waals surface area contributed by atoms with Crippen molar-refractivity contribution in [2.75, 3.05) is 0 Å². The number of rotatable bonds is 5. The van der Waals surface area contributed by atoms with Gasteiger partial charge < -0.3 is 5.11 Å². The highest BCUT2D eigenvalue weighted by molar-refractivity contribution is 5.68. The van der Waals surface area contributed by atoms with E-state index in [0.717, 1.165) is 6.42 Å². The van der Waals surface area contributed by atoms with Gasteiger partial charge in [-0.15, -0.1) is 0 Å². The maximum absolute atomic E-state index is 13.4. The molecule has 0 saturated carbocycles. The van der Waals surface area contributed by atoms with Crippen molar-refractivity contribution >= 4 is 5.97 Å². The second-order valence-electron chi connectivity index (χ2n) is 3.60. The minimum atomic E-state index is -0.878. The van der Waals surface area contributed by atoms with Crippen molar-refractivity contribution in [2.24, 2.45) is 0 Å². The second kappa shape index (κ2) is 5.49. The molecule has 1 aromatic rings. The van der Waals surface area contributed by atoms with Crippen molar-refractivity contribution < 1.29 is 14.3 Å². The van der Waals surface area contributed by atoms with Crippen LogP contribution in [0, 0.1) is 5.82 Å². The first kappa shape index (κ1) is 11.7. The first-order valence-corrected chi connectivity index (χ1v) is 5.11. The Morgan fingerprint density at radius 3 is 2.67 bits per heavy atom. The van der Waals surface area contributed by atoms with Crippen LogP contribution in [0.4, 0.5) is 4.39 Å². The fraction of sp³-hybridized carbons (Fsp3) is 0.417. The lowest BCUT2D eigenvalue weighted by molar-refractivity contribution is -0.137. The third kappa shape index (κ3) is 3.35. The van der Waals surface area contributed by atoms with E-state index in [-0.39, 0.29) is 18.2 Å². The van der Waals surface area contributed by atoms with E-state index in [4.69, 9.17) is 5.11 Å². The summed E-state index contributed by atoms with van der Waals surface area (Å²) >= 11 is 0. The van der Waals surface area contributed by atoms with Crippen LogP contribution in [0.3, 0.4) is 0 Å². The van der Waals surface area contributed by atoms with E-state index in [1.807, 2.05) is 6.92 Å². The Morgan fingerprint density at radius 1 is 1.47 bits per heavy atom. The number of halogens is 1. The molecule has 0 spiro atoms. The molecule has 1 N–H and O–H groups in total. The number of hydrogen-bond donors (Lipinski definition) is 1. The average molecular weight is 210 g/mol. The zero-order chi connectivity index (χ0) is 11.3. The first-order chi connectivity index (χ1) is 7.15. The maximum atomic E-state index is 13.4. The van der Waals surface area contributed by atoms with Gasteiger partial charge in [0.15, 0.2) is 0 Å². The van der Waals surface area contributed by atoms with Crippen LogP contribution in [-0.2, 0) is 4.79 Å². The van der Waals surface area contributed by atoms with Gasteiger partial charge in [0.1, 0.15) is 5.82 Å². The number of carboxylic acids is 1. The smallest absolute Gasteiger partial charge is 0.303 e.